The predicted octanol–water partition coefficient (Wildman–Crippen LogP) is 7.27. The summed E-state index contributed by atoms with van der Waals surface area (Å²) in [6, 6.07) is -0.466. The summed E-state index contributed by atoms with van der Waals surface area (Å²) in [6.07, 6.45) is 19.5. The average molecular weight is 440 g/mol. The second-order valence-corrected chi connectivity index (χ2v) is 9.59. The molecule has 182 valence electrons. The molecule has 0 N–H and O–H groups in total. The molecule has 5 heteroatoms. The zero-order chi connectivity index (χ0) is 22.7. The first kappa shape index (κ1) is 27.8. The SMILES string of the molecule is CCCCCCCCCCCCCCCCOC(=O)[C@@H]1CCCN1C(=O)OCC(C)C. The maximum Gasteiger partial charge on any atom is 0.410 e. The summed E-state index contributed by atoms with van der Waals surface area (Å²) in [5.74, 6) is 0.0194. The van der Waals surface area contributed by atoms with Gasteiger partial charge in [-0.15, -0.1) is 0 Å². The lowest BCUT2D eigenvalue weighted by atomic mass is 10.0. The molecule has 5 nitrogen and oxygen atoms in total. The van der Waals surface area contributed by atoms with Crippen molar-refractivity contribution in [2.75, 3.05) is 19.8 Å². The molecule has 1 heterocycles. The number of esters is 1. The van der Waals surface area contributed by atoms with Gasteiger partial charge in [-0.05, 0) is 25.2 Å². The fourth-order valence-corrected chi connectivity index (χ4v) is 4.12. The van der Waals surface area contributed by atoms with E-state index in [9.17, 15) is 9.59 Å². The van der Waals surface area contributed by atoms with Crippen LogP contribution in [-0.2, 0) is 14.3 Å². The number of likely N-dealkylation sites (tertiary alicyclic amines) is 1. The van der Waals surface area contributed by atoms with Crippen LogP contribution in [0.5, 0.6) is 0 Å². The van der Waals surface area contributed by atoms with Gasteiger partial charge >= 0.3 is 12.1 Å². The zero-order valence-corrected chi connectivity index (χ0v) is 20.7. The fraction of sp³-hybridized carbons (Fsp3) is 0.923. The van der Waals surface area contributed by atoms with Crippen LogP contribution in [0.4, 0.5) is 4.79 Å². The van der Waals surface area contributed by atoms with Gasteiger partial charge < -0.3 is 9.47 Å². The maximum absolute atomic E-state index is 12.4. The molecule has 0 aliphatic carbocycles. The highest BCUT2D eigenvalue weighted by atomic mass is 16.6. The van der Waals surface area contributed by atoms with Crippen LogP contribution >= 0.6 is 0 Å². The van der Waals surface area contributed by atoms with E-state index in [1.807, 2.05) is 13.8 Å². The first-order valence-corrected chi connectivity index (χ1v) is 13.2. The summed E-state index contributed by atoms with van der Waals surface area (Å²) in [5, 5.41) is 0. The van der Waals surface area contributed by atoms with Gasteiger partial charge in [0.25, 0.3) is 0 Å². The van der Waals surface area contributed by atoms with Crippen LogP contribution in [0.15, 0.2) is 0 Å². The summed E-state index contributed by atoms with van der Waals surface area (Å²) in [7, 11) is 0. The van der Waals surface area contributed by atoms with Crippen LogP contribution in [0.3, 0.4) is 0 Å². The van der Waals surface area contributed by atoms with E-state index in [2.05, 4.69) is 6.92 Å². The molecule has 0 radical (unpaired) electrons. The molecular weight excluding hydrogens is 390 g/mol. The number of rotatable bonds is 18. The molecule has 1 saturated heterocycles. The van der Waals surface area contributed by atoms with E-state index in [1.54, 1.807) is 0 Å². The predicted molar refractivity (Wildman–Crippen MR) is 127 cm³/mol. The number of hydrogen-bond donors (Lipinski definition) is 0. The standard InChI is InChI=1S/C26H49NO4/c1-4-5-6-7-8-9-10-11-12-13-14-15-16-17-21-30-25(28)24-19-18-20-27(24)26(29)31-22-23(2)3/h23-24H,4-22H2,1-3H3/t24-/m0/s1. The van der Waals surface area contributed by atoms with Crippen LogP contribution in [0.1, 0.15) is 124 Å². The molecule has 0 saturated carbocycles. The van der Waals surface area contributed by atoms with Crippen molar-refractivity contribution in [2.45, 2.75) is 130 Å². The van der Waals surface area contributed by atoms with E-state index in [-0.39, 0.29) is 18.0 Å². The third-order valence-electron chi connectivity index (χ3n) is 6.04. The van der Waals surface area contributed by atoms with Gasteiger partial charge in [0.2, 0.25) is 0 Å². The van der Waals surface area contributed by atoms with Gasteiger partial charge in [0.1, 0.15) is 6.04 Å². The Morgan fingerprint density at radius 1 is 0.806 bits per heavy atom. The van der Waals surface area contributed by atoms with Crippen molar-refractivity contribution < 1.29 is 19.1 Å². The van der Waals surface area contributed by atoms with Crippen molar-refractivity contribution in [2.24, 2.45) is 5.92 Å². The van der Waals surface area contributed by atoms with Crippen molar-refractivity contribution in [1.82, 2.24) is 4.90 Å². The molecule has 0 aromatic heterocycles. The maximum atomic E-state index is 12.4. The minimum absolute atomic E-state index is 0.270. The Labute approximate surface area is 191 Å². The van der Waals surface area contributed by atoms with Crippen LogP contribution in [-0.4, -0.2) is 42.8 Å². The van der Waals surface area contributed by atoms with Gasteiger partial charge in [-0.3, -0.25) is 4.90 Å². The number of ether oxygens (including phenoxy) is 2. The Bertz CT molecular complexity index is 466. The molecule has 1 aliphatic heterocycles. The van der Waals surface area contributed by atoms with Crippen molar-refractivity contribution in [3.63, 3.8) is 0 Å². The van der Waals surface area contributed by atoms with Crippen molar-refractivity contribution in [3.8, 4) is 0 Å². The summed E-state index contributed by atoms with van der Waals surface area (Å²) in [6.45, 7) is 7.69. The third kappa shape index (κ3) is 13.7. The molecule has 1 aliphatic rings. The average Bonchev–Trinajstić information content (AvgIpc) is 3.24. The highest BCUT2D eigenvalue weighted by molar-refractivity contribution is 5.82. The molecular formula is C26H49NO4. The Kier molecular flexibility index (Phi) is 16.4. The second-order valence-electron chi connectivity index (χ2n) is 9.59. The zero-order valence-electron chi connectivity index (χ0n) is 20.7. The largest absolute Gasteiger partial charge is 0.464 e. The lowest BCUT2D eigenvalue weighted by Crippen LogP contribution is -2.42. The molecule has 1 atom stereocenters. The molecule has 31 heavy (non-hydrogen) atoms. The van der Waals surface area contributed by atoms with Crippen molar-refractivity contribution in [1.29, 1.82) is 0 Å². The first-order chi connectivity index (χ1) is 15.1. The van der Waals surface area contributed by atoms with Gasteiger partial charge in [0.05, 0.1) is 13.2 Å². The molecule has 1 amide bonds. The molecule has 1 fully saturated rings. The number of amides is 1. The van der Waals surface area contributed by atoms with E-state index in [4.69, 9.17) is 9.47 Å². The van der Waals surface area contributed by atoms with E-state index in [1.165, 1.54) is 81.9 Å². The number of carbonyl (C=O) groups excluding carboxylic acids is 2. The Morgan fingerprint density at radius 3 is 1.84 bits per heavy atom. The molecule has 0 aromatic rings. The van der Waals surface area contributed by atoms with Gasteiger partial charge in [0, 0.05) is 6.54 Å². The van der Waals surface area contributed by atoms with Crippen molar-refractivity contribution >= 4 is 12.1 Å². The summed E-state index contributed by atoms with van der Waals surface area (Å²) in [5.41, 5.74) is 0. The topological polar surface area (TPSA) is 55.8 Å². The lowest BCUT2D eigenvalue weighted by molar-refractivity contribution is -0.148. The normalized spacial score (nSPS) is 16.1. The van der Waals surface area contributed by atoms with Gasteiger partial charge in [0.15, 0.2) is 0 Å². The minimum atomic E-state index is -0.466. The van der Waals surface area contributed by atoms with E-state index in [0.29, 0.717) is 26.2 Å². The van der Waals surface area contributed by atoms with Crippen LogP contribution in [0, 0.1) is 5.92 Å². The highest BCUT2D eigenvalue weighted by Gasteiger charge is 2.36. The lowest BCUT2D eigenvalue weighted by Gasteiger charge is -2.23. The quantitative estimate of drug-likeness (QED) is 0.166. The van der Waals surface area contributed by atoms with Crippen LogP contribution in [0.25, 0.3) is 0 Å². The summed E-state index contributed by atoms with van der Waals surface area (Å²) in [4.78, 5) is 26.1. The monoisotopic (exact) mass is 439 g/mol. The molecule has 0 bridgehead atoms. The Hall–Kier alpha value is -1.26. The van der Waals surface area contributed by atoms with Gasteiger partial charge in [-0.2, -0.15) is 0 Å². The third-order valence-corrected chi connectivity index (χ3v) is 6.04. The van der Waals surface area contributed by atoms with E-state index < -0.39 is 6.04 Å². The minimum Gasteiger partial charge on any atom is -0.464 e. The highest BCUT2D eigenvalue weighted by Crippen LogP contribution is 2.20. The number of unbranched alkanes of at least 4 members (excludes halogenated alkanes) is 13. The Morgan fingerprint density at radius 2 is 1.32 bits per heavy atom. The van der Waals surface area contributed by atoms with Gasteiger partial charge in [-0.1, -0.05) is 104 Å². The first-order valence-electron chi connectivity index (χ1n) is 13.2. The van der Waals surface area contributed by atoms with Crippen LogP contribution in [0.2, 0.25) is 0 Å². The molecule has 0 spiro atoms. The fourth-order valence-electron chi connectivity index (χ4n) is 4.12. The number of hydrogen-bond acceptors (Lipinski definition) is 4. The van der Waals surface area contributed by atoms with Crippen molar-refractivity contribution in [3.05, 3.63) is 0 Å². The van der Waals surface area contributed by atoms with Gasteiger partial charge in [-0.25, -0.2) is 9.59 Å². The van der Waals surface area contributed by atoms with E-state index in [0.717, 1.165) is 19.3 Å². The van der Waals surface area contributed by atoms with Crippen LogP contribution < -0.4 is 0 Å². The smallest absolute Gasteiger partial charge is 0.410 e. The summed E-state index contributed by atoms with van der Waals surface area (Å²) < 4.78 is 10.7. The molecule has 1 rings (SSSR count). The van der Waals surface area contributed by atoms with E-state index >= 15 is 0 Å². The summed E-state index contributed by atoms with van der Waals surface area (Å²) >= 11 is 0. The number of carbonyl (C=O) groups is 2. The number of nitrogens with zero attached hydrogens (tertiary/aromatic N) is 1. The molecule has 0 aromatic carbocycles. The molecule has 0 unspecified atom stereocenters. The second kappa shape index (κ2) is 18.3. The Balaban J connectivity index is 1.95.